The Morgan fingerprint density at radius 3 is 1.36 bits per heavy atom. The fourth-order valence-electron chi connectivity index (χ4n) is 4.46. The van der Waals surface area contributed by atoms with Crippen molar-refractivity contribution in [2.75, 3.05) is 26.4 Å². The number of ether oxygens (including phenoxy) is 6. The van der Waals surface area contributed by atoms with Crippen LogP contribution in [0.2, 0.25) is 0 Å². The minimum Gasteiger partial charge on any atom is -0.490 e. The van der Waals surface area contributed by atoms with Gasteiger partial charge in [-0.25, -0.2) is 4.79 Å². The molecule has 2 atom stereocenters. The Morgan fingerprint density at radius 2 is 0.851 bits per heavy atom. The van der Waals surface area contributed by atoms with Crippen LogP contribution in [0.3, 0.4) is 0 Å². The molecule has 0 aliphatic heterocycles. The third kappa shape index (κ3) is 11.3. The molecular formula is C39H36O8. The lowest BCUT2D eigenvalue weighted by Gasteiger charge is -2.20. The Bertz CT molecular complexity index is 1650. The number of carbonyl (C=O) groups excluding carboxylic acids is 2. The van der Waals surface area contributed by atoms with Crippen molar-refractivity contribution in [2.45, 2.75) is 18.6 Å². The van der Waals surface area contributed by atoms with Gasteiger partial charge in [0.05, 0.1) is 12.0 Å². The Balaban J connectivity index is 1.19. The van der Waals surface area contributed by atoms with Crippen molar-refractivity contribution in [1.82, 2.24) is 0 Å². The van der Waals surface area contributed by atoms with Crippen molar-refractivity contribution >= 4 is 11.9 Å². The summed E-state index contributed by atoms with van der Waals surface area (Å²) in [6, 6.07) is 43.8. The van der Waals surface area contributed by atoms with Gasteiger partial charge in [0, 0.05) is 6.07 Å². The summed E-state index contributed by atoms with van der Waals surface area (Å²) in [7, 11) is 0. The maximum absolute atomic E-state index is 12.8. The molecule has 0 amide bonds. The maximum Gasteiger partial charge on any atom is 0.338 e. The third-order valence-electron chi connectivity index (χ3n) is 6.81. The van der Waals surface area contributed by atoms with Gasteiger partial charge in [-0.2, -0.15) is 0 Å². The van der Waals surface area contributed by atoms with Gasteiger partial charge in [-0.1, -0.05) is 91.0 Å². The molecule has 240 valence electrons. The summed E-state index contributed by atoms with van der Waals surface area (Å²) in [5, 5.41) is 0. The van der Waals surface area contributed by atoms with Crippen LogP contribution < -0.4 is 18.9 Å². The summed E-state index contributed by atoms with van der Waals surface area (Å²) >= 11 is 0. The molecule has 47 heavy (non-hydrogen) atoms. The van der Waals surface area contributed by atoms with Gasteiger partial charge in [0.1, 0.15) is 49.4 Å². The lowest BCUT2D eigenvalue weighted by molar-refractivity contribution is -0.151. The van der Waals surface area contributed by atoms with Crippen molar-refractivity contribution in [3.8, 4) is 23.0 Å². The SMILES string of the molecule is O=C(Cc1ccccc1)OC(COc1ccccc1)COc1cccc(OCC(COc2ccccc2)OC(=O)c2ccccc2)c1. The van der Waals surface area contributed by atoms with Crippen LogP contribution in [0.4, 0.5) is 0 Å². The van der Waals surface area contributed by atoms with Gasteiger partial charge < -0.3 is 28.4 Å². The molecule has 0 aliphatic rings. The molecule has 5 rings (SSSR count). The number of hydrogen-bond acceptors (Lipinski definition) is 8. The smallest absolute Gasteiger partial charge is 0.338 e. The van der Waals surface area contributed by atoms with Crippen LogP contribution in [0.25, 0.3) is 0 Å². The standard InChI is InChI=1S/C39H36O8/c40-38(24-30-14-5-1-6-15-30)46-36(26-42-32-18-9-3-10-19-32)27-44-34-22-13-23-35(25-34)45-29-37(28-43-33-20-11-4-12-21-33)47-39(41)31-16-7-2-8-17-31/h1-23,25,36-37H,24,26-29H2. The lowest BCUT2D eigenvalue weighted by Crippen LogP contribution is -2.32. The molecule has 2 unspecified atom stereocenters. The number of hydrogen-bond donors (Lipinski definition) is 0. The van der Waals surface area contributed by atoms with Crippen molar-refractivity contribution in [1.29, 1.82) is 0 Å². The second kappa shape index (κ2) is 17.7. The molecule has 0 aliphatic carbocycles. The molecule has 0 fully saturated rings. The Labute approximate surface area is 274 Å². The van der Waals surface area contributed by atoms with E-state index in [1.54, 1.807) is 48.5 Å². The maximum atomic E-state index is 12.8. The van der Waals surface area contributed by atoms with Crippen LogP contribution in [-0.4, -0.2) is 50.6 Å². The van der Waals surface area contributed by atoms with Crippen molar-refractivity contribution in [3.05, 3.63) is 157 Å². The van der Waals surface area contributed by atoms with Crippen LogP contribution in [0, 0.1) is 0 Å². The average molecular weight is 633 g/mol. The Hall–Kier alpha value is -5.76. The Kier molecular flexibility index (Phi) is 12.3. The highest BCUT2D eigenvalue weighted by Gasteiger charge is 2.20. The van der Waals surface area contributed by atoms with Crippen LogP contribution in [0.1, 0.15) is 15.9 Å². The first kappa shape index (κ1) is 32.6. The van der Waals surface area contributed by atoms with Gasteiger partial charge in [0.2, 0.25) is 0 Å². The van der Waals surface area contributed by atoms with E-state index in [0.29, 0.717) is 28.6 Å². The molecule has 0 heterocycles. The first-order chi connectivity index (χ1) is 23.1. The van der Waals surface area contributed by atoms with Gasteiger partial charge in [-0.05, 0) is 54.1 Å². The van der Waals surface area contributed by atoms with E-state index in [2.05, 4.69) is 0 Å². The minimum absolute atomic E-state index is 0.0412. The van der Waals surface area contributed by atoms with E-state index >= 15 is 0 Å². The van der Waals surface area contributed by atoms with Crippen molar-refractivity contribution < 1.29 is 38.0 Å². The summed E-state index contributed by atoms with van der Waals surface area (Å²) < 4.78 is 35.3. The largest absolute Gasteiger partial charge is 0.490 e. The van der Waals surface area contributed by atoms with E-state index < -0.39 is 18.2 Å². The quantitative estimate of drug-likeness (QED) is 0.102. The first-order valence-electron chi connectivity index (χ1n) is 15.3. The lowest BCUT2D eigenvalue weighted by atomic mass is 10.1. The van der Waals surface area contributed by atoms with E-state index in [4.69, 9.17) is 28.4 Å². The van der Waals surface area contributed by atoms with Gasteiger partial charge in [-0.15, -0.1) is 0 Å². The molecular weight excluding hydrogens is 596 g/mol. The molecule has 0 spiro atoms. The highest BCUT2D eigenvalue weighted by atomic mass is 16.6. The summed E-state index contributed by atoms with van der Waals surface area (Å²) in [6.07, 6.45) is -1.24. The van der Waals surface area contributed by atoms with Crippen LogP contribution >= 0.6 is 0 Å². The highest BCUT2D eigenvalue weighted by molar-refractivity contribution is 5.89. The first-order valence-corrected chi connectivity index (χ1v) is 15.3. The number of rotatable bonds is 17. The summed E-state index contributed by atoms with van der Waals surface area (Å²) in [6.45, 7) is 0.297. The fourth-order valence-corrected chi connectivity index (χ4v) is 4.46. The second-order valence-electron chi connectivity index (χ2n) is 10.5. The zero-order chi connectivity index (χ0) is 32.5. The zero-order valence-electron chi connectivity index (χ0n) is 25.8. The fraction of sp³-hybridized carbons (Fsp3) is 0.179. The summed E-state index contributed by atoms with van der Waals surface area (Å²) in [5.41, 5.74) is 1.29. The molecule has 0 bridgehead atoms. The number of esters is 2. The molecule has 0 radical (unpaired) electrons. The number of carbonyl (C=O) groups is 2. The number of para-hydroxylation sites is 2. The number of benzene rings is 5. The normalized spacial score (nSPS) is 11.8. The molecule has 5 aromatic carbocycles. The summed E-state index contributed by atoms with van der Waals surface area (Å²) in [5.74, 6) is 1.46. The van der Waals surface area contributed by atoms with Gasteiger partial charge in [0.25, 0.3) is 0 Å². The molecule has 0 aromatic heterocycles. The second-order valence-corrected chi connectivity index (χ2v) is 10.5. The van der Waals surface area contributed by atoms with Crippen molar-refractivity contribution in [3.63, 3.8) is 0 Å². The van der Waals surface area contributed by atoms with Gasteiger partial charge in [0.15, 0.2) is 12.2 Å². The monoisotopic (exact) mass is 632 g/mol. The summed E-state index contributed by atoms with van der Waals surface area (Å²) in [4.78, 5) is 25.6. The van der Waals surface area contributed by atoms with E-state index in [0.717, 1.165) is 5.56 Å². The molecule has 8 heteroatoms. The van der Waals surface area contributed by atoms with E-state index in [1.807, 2.05) is 97.1 Å². The molecule has 8 nitrogen and oxygen atoms in total. The van der Waals surface area contributed by atoms with Gasteiger partial charge >= 0.3 is 11.9 Å². The van der Waals surface area contributed by atoms with Crippen LogP contribution in [-0.2, 0) is 20.7 Å². The molecule has 0 saturated carbocycles. The van der Waals surface area contributed by atoms with E-state index in [1.165, 1.54) is 0 Å². The van der Waals surface area contributed by atoms with Crippen LogP contribution in [0.15, 0.2) is 146 Å². The topological polar surface area (TPSA) is 89.5 Å². The molecule has 5 aromatic rings. The zero-order valence-corrected chi connectivity index (χ0v) is 25.8. The van der Waals surface area contributed by atoms with Crippen LogP contribution in [0.5, 0.6) is 23.0 Å². The minimum atomic E-state index is -0.698. The Morgan fingerprint density at radius 1 is 0.447 bits per heavy atom. The average Bonchev–Trinajstić information content (AvgIpc) is 3.12. The molecule has 0 N–H and O–H groups in total. The van der Waals surface area contributed by atoms with E-state index in [-0.39, 0.29) is 38.8 Å². The third-order valence-corrected chi connectivity index (χ3v) is 6.81. The van der Waals surface area contributed by atoms with Crippen molar-refractivity contribution in [2.24, 2.45) is 0 Å². The predicted molar refractivity (Wildman–Crippen MR) is 177 cm³/mol. The molecule has 0 saturated heterocycles. The van der Waals surface area contributed by atoms with E-state index in [9.17, 15) is 9.59 Å². The predicted octanol–water partition coefficient (Wildman–Crippen LogP) is 6.98. The highest BCUT2D eigenvalue weighted by Crippen LogP contribution is 2.21. The van der Waals surface area contributed by atoms with Gasteiger partial charge in [-0.3, -0.25) is 4.79 Å².